The van der Waals surface area contributed by atoms with E-state index in [-0.39, 0.29) is 0 Å². The van der Waals surface area contributed by atoms with Gasteiger partial charge in [0.05, 0.1) is 28.4 Å². The fraction of sp³-hybridized carbons (Fsp3) is 0.171. The van der Waals surface area contributed by atoms with Gasteiger partial charge in [-0.05, 0) is 61.1 Å². The number of nitrogens with zero attached hydrogens (tertiary/aromatic N) is 6. The van der Waals surface area contributed by atoms with Crippen LogP contribution in [0.2, 0.25) is 0 Å². The normalized spacial score (nSPS) is 11.6. The highest BCUT2D eigenvalue weighted by atomic mass is 19.1. The summed E-state index contributed by atoms with van der Waals surface area (Å²) in [6.45, 7) is 2.61. The van der Waals surface area contributed by atoms with Gasteiger partial charge in [0.15, 0.2) is 11.5 Å². The molecule has 0 amide bonds. The first-order chi connectivity index (χ1) is 22.5. The fourth-order valence-electron chi connectivity index (χ4n) is 5.30. The van der Waals surface area contributed by atoms with E-state index in [4.69, 9.17) is 14.7 Å². The minimum Gasteiger partial charge on any atom is -0.492 e. The van der Waals surface area contributed by atoms with Gasteiger partial charge in [0, 0.05) is 55.4 Å². The molecule has 3 N–H and O–H groups in total. The summed E-state index contributed by atoms with van der Waals surface area (Å²) < 4.78 is 20.5. The van der Waals surface area contributed by atoms with E-state index in [1.54, 1.807) is 18.5 Å². The van der Waals surface area contributed by atoms with Gasteiger partial charge < -0.3 is 19.9 Å². The summed E-state index contributed by atoms with van der Waals surface area (Å²) in [5.41, 5.74) is 8.60. The molecule has 0 bridgehead atoms. The second-order valence-electron chi connectivity index (χ2n) is 11.3. The van der Waals surface area contributed by atoms with Crippen LogP contribution >= 0.6 is 0 Å². The number of H-pyrrole nitrogens is 2. The van der Waals surface area contributed by atoms with Crippen molar-refractivity contribution in [2.24, 2.45) is 0 Å². The van der Waals surface area contributed by atoms with E-state index < -0.39 is 5.82 Å². The van der Waals surface area contributed by atoms with Crippen molar-refractivity contribution in [3.63, 3.8) is 0 Å². The number of hydrogen-bond donors (Lipinski definition) is 3. The Morgan fingerprint density at radius 3 is 2.52 bits per heavy atom. The van der Waals surface area contributed by atoms with Crippen LogP contribution in [0.15, 0.2) is 91.5 Å². The quantitative estimate of drug-likeness (QED) is 0.163. The highest BCUT2D eigenvalue weighted by Gasteiger charge is 2.18. The maximum Gasteiger partial charge on any atom is 0.161 e. The molecule has 5 aromatic heterocycles. The minimum atomic E-state index is -0.398. The second kappa shape index (κ2) is 12.8. The molecule has 0 spiro atoms. The molecular weight excluding hydrogens is 581 g/mol. The molecule has 0 aliphatic rings. The highest BCUT2D eigenvalue weighted by molar-refractivity contribution is 5.96. The van der Waals surface area contributed by atoms with E-state index in [2.05, 4.69) is 48.7 Å². The summed E-state index contributed by atoms with van der Waals surface area (Å²) in [4.78, 5) is 24.1. The Morgan fingerprint density at radius 1 is 0.804 bits per heavy atom. The zero-order chi connectivity index (χ0) is 31.5. The lowest BCUT2D eigenvalue weighted by molar-refractivity contribution is 0.260. The maximum atomic E-state index is 14.7. The van der Waals surface area contributed by atoms with Crippen LogP contribution in [-0.4, -0.2) is 67.3 Å². The van der Waals surface area contributed by atoms with Crippen molar-refractivity contribution < 1.29 is 9.13 Å². The van der Waals surface area contributed by atoms with Gasteiger partial charge in [-0.3, -0.25) is 15.1 Å². The van der Waals surface area contributed by atoms with Gasteiger partial charge in [0.1, 0.15) is 23.7 Å². The zero-order valence-electron chi connectivity index (χ0n) is 25.5. The number of benzene rings is 2. The smallest absolute Gasteiger partial charge is 0.161 e. The number of aromatic nitrogens is 7. The van der Waals surface area contributed by atoms with Crippen LogP contribution in [0.25, 0.3) is 56.0 Å². The van der Waals surface area contributed by atoms with E-state index in [1.165, 1.54) is 17.7 Å². The first kappa shape index (κ1) is 29.2. The summed E-state index contributed by atoms with van der Waals surface area (Å²) in [5.74, 6) is 0.576. The number of aromatic amines is 2. The molecule has 0 fully saturated rings. The molecule has 46 heavy (non-hydrogen) atoms. The third kappa shape index (κ3) is 6.32. The molecule has 0 saturated heterocycles. The van der Waals surface area contributed by atoms with Crippen LogP contribution in [0.5, 0.6) is 5.75 Å². The Balaban J connectivity index is 1.17. The summed E-state index contributed by atoms with van der Waals surface area (Å²) in [7, 11) is 3.92. The number of halogens is 1. The van der Waals surface area contributed by atoms with Crippen LogP contribution in [0.1, 0.15) is 11.1 Å². The molecule has 0 aliphatic carbocycles. The van der Waals surface area contributed by atoms with Crippen molar-refractivity contribution in [2.75, 3.05) is 27.2 Å². The van der Waals surface area contributed by atoms with Gasteiger partial charge in [0.2, 0.25) is 0 Å². The van der Waals surface area contributed by atoms with Crippen molar-refractivity contribution in [1.82, 2.24) is 45.3 Å². The molecule has 0 radical (unpaired) electrons. The van der Waals surface area contributed by atoms with Gasteiger partial charge in [-0.1, -0.05) is 30.3 Å². The topological polar surface area (TPSA) is 121 Å². The third-order valence-electron chi connectivity index (χ3n) is 7.61. The van der Waals surface area contributed by atoms with E-state index in [0.717, 1.165) is 28.9 Å². The van der Waals surface area contributed by atoms with Crippen LogP contribution in [0.4, 0.5) is 4.39 Å². The molecule has 0 atom stereocenters. The van der Waals surface area contributed by atoms with Crippen LogP contribution < -0.4 is 10.1 Å². The average molecular weight is 614 g/mol. The molecular formula is C35H32FN9O. The molecule has 0 aliphatic heterocycles. The van der Waals surface area contributed by atoms with Crippen molar-refractivity contribution in [3.05, 3.63) is 108 Å². The van der Waals surface area contributed by atoms with E-state index in [0.29, 0.717) is 64.6 Å². The van der Waals surface area contributed by atoms with Crippen LogP contribution in [0.3, 0.4) is 0 Å². The lowest BCUT2D eigenvalue weighted by atomic mass is 10.1. The van der Waals surface area contributed by atoms with Gasteiger partial charge >= 0.3 is 0 Å². The fourth-order valence-corrected chi connectivity index (χ4v) is 5.30. The number of rotatable bonds is 11. The number of hydrogen-bond acceptors (Lipinski definition) is 8. The Bertz CT molecular complexity index is 2120. The number of pyridine rings is 3. The SMILES string of the molecule is CN(C)CCOc1cc(F)cc(-c2cncc3[nH]c(-c4n[nH]c5ccc(-c6cncc(CNCc7ccccc7)c6)nc45)nc23)c1. The summed E-state index contributed by atoms with van der Waals surface area (Å²) in [6, 6.07) is 20.9. The summed E-state index contributed by atoms with van der Waals surface area (Å²) in [5, 5.41) is 11.1. The Kier molecular flexibility index (Phi) is 8.15. The molecule has 7 rings (SSSR count). The maximum absolute atomic E-state index is 14.7. The van der Waals surface area contributed by atoms with Crippen LogP contribution in [-0.2, 0) is 13.1 Å². The number of imidazole rings is 1. The summed E-state index contributed by atoms with van der Waals surface area (Å²) in [6.07, 6.45) is 7.05. The molecule has 0 unspecified atom stereocenters. The number of nitrogens with one attached hydrogen (secondary N) is 3. The molecule has 10 nitrogen and oxygen atoms in total. The average Bonchev–Trinajstić information content (AvgIpc) is 3.69. The third-order valence-corrected chi connectivity index (χ3v) is 7.61. The molecule has 5 heterocycles. The Labute approximate surface area is 264 Å². The molecule has 230 valence electrons. The predicted octanol–water partition coefficient (Wildman–Crippen LogP) is 5.99. The minimum absolute atomic E-state index is 0.398. The van der Waals surface area contributed by atoms with Crippen LogP contribution in [0, 0.1) is 5.82 Å². The van der Waals surface area contributed by atoms with Crippen molar-refractivity contribution in [3.8, 4) is 39.7 Å². The number of likely N-dealkylation sites (N-methyl/N-ethyl adjacent to an activating group) is 1. The lowest BCUT2D eigenvalue weighted by Gasteiger charge is -2.12. The van der Waals surface area contributed by atoms with E-state index >= 15 is 0 Å². The van der Waals surface area contributed by atoms with Gasteiger partial charge in [-0.25, -0.2) is 14.4 Å². The lowest BCUT2D eigenvalue weighted by Crippen LogP contribution is -2.19. The first-order valence-corrected chi connectivity index (χ1v) is 15.0. The Hall–Kier alpha value is -5.52. The zero-order valence-corrected chi connectivity index (χ0v) is 25.5. The first-order valence-electron chi connectivity index (χ1n) is 15.0. The Morgan fingerprint density at radius 2 is 1.65 bits per heavy atom. The van der Waals surface area contributed by atoms with Crippen molar-refractivity contribution >= 4 is 22.1 Å². The molecule has 7 aromatic rings. The highest BCUT2D eigenvalue weighted by Crippen LogP contribution is 2.33. The van der Waals surface area contributed by atoms with E-state index in [1.807, 2.05) is 61.7 Å². The van der Waals surface area contributed by atoms with E-state index in [9.17, 15) is 4.39 Å². The predicted molar refractivity (Wildman–Crippen MR) is 176 cm³/mol. The standard InChI is InChI=1S/C35H32FN9O/c1-45(2)10-11-46-27-14-24(13-26(36)15-27)28-20-39-21-31-32(28)42-35(41-31)34-33-30(43-44-34)9-8-29(40-33)25-12-23(18-38-19-25)17-37-16-22-6-4-3-5-7-22/h3-9,12-15,18-21,37H,10-11,16-17H2,1-2H3,(H,41,42)(H,43,44). The van der Waals surface area contributed by atoms with Crippen molar-refractivity contribution in [2.45, 2.75) is 13.1 Å². The van der Waals surface area contributed by atoms with Gasteiger partial charge in [-0.15, -0.1) is 0 Å². The monoisotopic (exact) mass is 613 g/mol. The molecule has 2 aromatic carbocycles. The van der Waals surface area contributed by atoms with Gasteiger partial charge in [-0.2, -0.15) is 5.10 Å². The van der Waals surface area contributed by atoms with Gasteiger partial charge in [0.25, 0.3) is 0 Å². The second-order valence-corrected chi connectivity index (χ2v) is 11.3. The largest absolute Gasteiger partial charge is 0.492 e. The number of ether oxygens (including phenoxy) is 1. The summed E-state index contributed by atoms with van der Waals surface area (Å²) >= 11 is 0. The molecule has 0 saturated carbocycles. The van der Waals surface area contributed by atoms with Crippen molar-refractivity contribution in [1.29, 1.82) is 0 Å². The molecule has 11 heteroatoms. The number of fused-ring (bicyclic) bond motifs is 2.